The van der Waals surface area contributed by atoms with E-state index in [4.69, 9.17) is 23.2 Å². The van der Waals surface area contributed by atoms with E-state index in [0.717, 1.165) is 30.0 Å². The predicted octanol–water partition coefficient (Wildman–Crippen LogP) is 3.90. The summed E-state index contributed by atoms with van der Waals surface area (Å²) in [7, 11) is 0. The first-order chi connectivity index (χ1) is 9.11. The predicted molar refractivity (Wildman–Crippen MR) is 80.4 cm³/mol. The van der Waals surface area contributed by atoms with Crippen molar-refractivity contribution in [2.75, 3.05) is 13.1 Å². The highest BCUT2D eigenvalue weighted by Crippen LogP contribution is 2.46. The molecule has 0 radical (unpaired) electrons. The van der Waals surface area contributed by atoms with Gasteiger partial charge in [0.2, 0.25) is 0 Å². The number of likely N-dealkylation sites (tertiary alicyclic amines) is 1. The van der Waals surface area contributed by atoms with Crippen LogP contribution in [0.4, 0.5) is 0 Å². The van der Waals surface area contributed by atoms with Crippen molar-refractivity contribution in [3.05, 3.63) is 28.8 Å². The lowest BCUT2D eigenvalue weighted by atomic mass is 9.88. The molecule has 1 fully saturated rings. The summed E-state index contributed by atoms with van der Waals surface area (Å²) in [6, 6.07) is 5.50. The average molecular weight is 316 g/mol. The number of halogens is 2. The number of alkyl halides is 1. The van der Waals surface area contributed by atoms with Crippen LogP contribution in [0.3, 0.4) is 0 Å². The van der Waals surface area contributed by atoms with Gasteiger partial charge in [-0.25, -0.2) is 0 Å². The van der Waals surface area contributed by atoms with Crippen LogP contribution in [0.2, 0.25) is 5.02 Å². The number of carbonyl (C=O) groups is 1. The SMILES string of the molecule is CCN1CCC(Cl)C2C(=O)c3ccc(Cl)cc3SC21. The Hall–Kier alpha value is -0.220. The van der Waals surface area contributed by atoms with Crippen molar-refractivity contribution < 1.29 is 4.79 Å². The van der Waals surface area contributed by atoms with E-state index in [2.05, 4.69) is 11.8 Å². The highest BCUT2D eigenvalue weighted by Gasteiger charge is 2.45. The summed E-state index contributed by atoms with van der Waals surface area (Å²) in [4.78, 5) is 16.0. The number of thioether (sulfide) groups is 1. The molecule has 0 amide bonds. The maximum absolute atomic E-state index is 12.7. The minimum absolute atomic E-state index is 0.0587. The van der Waals surface area contributed by atoms with Gasteiger partial charge in [-0.3, -0.25) is 9.69 Å². The van der Waals surface area contributed by atoms with Crippen molar-refractivity contribution in [2.45, 2.75) is 29.0 Å². The van der Waals surface area contributed by atoms with Crippen LogP contribution in [-0.4, -0.2) is 34.5 Å². The molecular weight excluding hydrogens is 301 g/mol. The van der Waals surface area contributed by atoms with Gasteiger partial charge in [-0.2, -0.15) is 0 Å². The van der Waals surface area contributed by atoms with Crippen LogP contribution in [0.5, 0.6) is 0 Å². The van der Waals surface area contributed by atoms with Crippen molar-refractivity contribution in [1.29, 1.82) is 0 Å². The zero-order valence-electron chi connectivity index (χ0n) is 10.6. The monoisotopic (exact) mass is 315 g/mol. The molecule has 0 aromatic heterocycles. The largest absolute Gasteiger partial charge is 0.294 e. The normalized spacial score (nSPS) is 30.9. The number of hydrogen-bond donors (Lipinski definition) is 0. The van der Waals surface area contributed by atoms with Crippen molar-refractivity contribution in [1.82, 2.24) is 4.90 Å². The lowest BCUT2D eigenvalue weighted by Gasteiger charge is -2.44. The fourth-order valence-corrected chi connectivity index (χ4v) is 5.18. The molecular formula is C14H15Cl2NOS. The lowest BCUT2D eigenvalue weighted by molar-refractivity contribution is 0.0786. The Morgan fingerprint density at radius 2 is 2.26 bits per heavy atom. The smallest absolute Gasteiger partial charge is 0.170 e. The van der Waals surface area contributed by atoms with Crippen LogP contribution in [0.15, 0.2) is 23.1 Å². The van der Waals surface area contributed by atoms with E-state index in [1.807, 2.05) is 12.1 Å². The fourth-order valence-electron chi connectivity index (χ4n) is 2.89. The number of Topliss-reactive ketones (excluding diaryl/α,β-unsaturated/α-hetero) is 1. The van der Waals surface area contributed by atoms with Gasteiger partial charge in [0, 0.05) is 27.4 Å². The summed E-state index contributed by atoms with van der Waals surface area (Å²) in [5.74, 6) is 0.0719. The van der Waals surface area contributed by atoms with E-state index in [1.54, 1.807) is 17.8 Å². The number of ketones is 1. The maximum Gasteiger partial charge on any atom is 0.170 e. The van der Waals surface area contributed by atoms with Crippen LogP contribution in [-0.2, 0) is 0 Å². The van der Waals surface area contributed by atoms with Gasteiger partial charge in [0.25, 0.3) is 0 Å². The number of hydrogen-bond acceptors (Lipinski definition) is 3. The molecule has 3 atom stereocenters. The first-order valence-corrected chi connectivity index (χ1v) is 8.19. The lowest BCUT2D eigenvalue weighted by Crippen LogP contribution is -2.52. The molecule has 5 heteroatoms. The van der Waals surface area contributed by atoms with E-state index in [1.165, 1.54) is 0 Å². The Kier molecular flexibility index (Phi) is 3.82. The summed E-state index contributed by atoms with van der Waals surface area (Å²) in [6.07, 6.45) is 0.881. The molecule has 0 aliphatic carbocycles. The molecule has 0 bridgehead atoms. The number of fused-ring (bicyclic) bond motifs is 2. The molecule has 0 spiro atoms. The summed E-state index contributed by atoms with van der Waals surface area (Å²) >= 11 is 14.2. The summed E-state index contributed by atoms with van der Waals surface area (Å²) < 4.78 is 0. The average Bonchev–Trinajstić information content (AvgIpc) is 2.38. The minimum Gasteiger partial charge on any atom is -0.294 e. The molecule has 19 heavy (non-hydrogen) atoms. The summed E-state index contributed by atoms with van der Waals surface area (Å²) in [6.45, 7) is 4.03. The van der Waals surface area contributed by atoms with Gasteiger partial charge in [0.05, 0.1) is 11.3 Å². The van der Waals surface area contributed by atoms with Crippen LogP contribution in [0.25, 0.3) is 0 Å². The highest BCUT2D eigenvalue weighted by atomic mass is 35.5. The molecule has 1 aromatic rings. The van der Waals surface area contributed by atoms with E-state index >= 15 is 0 Å². The van der Waals surface area contributed by atoms with Gasteiger partial charge in [-0.15, -0.1) is 23.4 Å². The number of piperidine rings is 1. The minimum atomic E-state index is -0.103. The van der Waals surface area contributed by atoms with Crippen LogP contribution in [0, 0.1) is 5.92 Å². The van der Waals surface area contributed by atoms with E-state index in [-0.39, 0.29) is 22.5 Å². The third-order valence-corrected chi connectivity index (χ3v) is 6.06. The number of nitrogens with zero attached hydrogens (tertiary/aromatic N) is 1. The molecule has 1 aromatic carbocycles. The molecule has 3 rings (SSSR count). The van der Waals surface area contributed by atoms with Crippen molar-refractivity contribution in [2.24, 2.45) is 5.92 Å². The second-order valence-corrected chi connectivity index (χ2v) is 7.13. The van der Waals surface area contributed by atoms with Crippen molar-refractivity contribution in [3.63, 3.8) is 0 Å². The number of rotatable bonds is 1. The van der Waals surface area contributed by atoms with Crippen LogP contribution in [0.1, 0.15) is 23.7 Å². The number of carbonyl (C=O) groups excluding carboxylic acids is 1. The third-order valence-electron chi connectivity index (χ3n) is 3.91. The molecule has 2 heterocycles. The Balaban J connectivity index is 2.04. The highest BCUT2D eigenvalue weighted by molar-refractivity contribution is 8.00. The zero-order valence-corrected chi connectivity index (χ0v) is 12.9. The van der Waals surface area contributed by atoms with Gasteiger partial charge in [0.1, 0.15) is 0 Å². The fraction of sp³-hybridized carbons (Fsp3) is 0.500. The molecule has 2 aliphatic rings. The molecule has 2 aliphatic heterocycles. The summed E-state index contributed by atoms with van der Waals surface area (Å²) in [5, 5.41) is 0.773. The standard InChI is InChI=1S/C14H15Cl2NOS/c1-2-17-6-5-10(16)12-13(18)9-4-3-8(15)7-11(9)19-14(12)17/h3-4,7,10,12,14H,2,5-6H2,1H3. The molecule has 102 valence electrons. The van der Waals surface area contributed by atoms with Gasteiger partial charge < -0.3 is 0 Å². The van der Waals surface area contributed by atoms with Crippen LogP contribution >= 0.6 is 35.0 Å². The van der Waals surface area contributed by atoms with E-state index in [9.17, 15) is 4.79 Å². The van der Waals surface area contributed by atoms with Gasteiger partial charge in [-0.1, -0.05) is 18.5 Å². The molecule has 1 saturated heterocycles. The maximum atomic E-state index is 12.7. The quantitative estimate of drug-likeness (QED) is 0.733. The number of benzene rings is 1. The first-order valence-electron chi connectivity index (χ1n) is 6.50. The Morgan fingerprint density at radius 1 is 1.47 bits per heavy atom. The van der Waals surface area contributed by atoms with Crippen LogP contribution < -0.4 is 0 Å². The second kappa shape index (κ2) is 5.28. The molecule has 0 saturated carbocycles. The first kappa shape index (κ1) is 13.7. The zero-order chi connectivity index (χ0) is 13.6. The summed E-state index contributed by atoms with van der Waals surface area (Å²) in [5.41, 5.74) is 0.777. The Bertz CT molecular complexity index is 522. The van der Waals surface area contributed by atoms with E-state index < -0.39 is 0 Å². The van der Waals surface area contributed by atoms with E-state index in [0.29, 0.717) is 5.02 Å². The van der Waals surface area contributed by atoms with Gasteiger partial charge in [-0.05, 0) is 31.2 Å². The Morgan fingerprint density at radius 3 is 3.00 bits per heavy atom. The third kappa shape index (κ3) is 2.31. The van der Waals surface area contributed by atoms with Crippen molar-refractivity contribution in [3.8, 4) is 0 Å². The molecule has 0 N–H and O–H groups in total. The Labute approximate surface area is 127 Å². The molecule has 3 unspecified atom stereocenters. The second-order valence-electron chi connectivity index (χ2n) is 4.97. The van der Waals surface area contributed by atoms with Crippen molar-refractivity contribution >= 4 is 40.7 Å². The topological polar surface area (TPSA) is 20.3 Å². The van der Waals surface area contributed by atoms with Gasteiger partial charge >= 0.3 is 0 Å². The van der Waals surface area contributed by atoms with Gasteiger partial charge in [0.15, 0.2) is 5.78 Å². The molecule has 2 nitrogen and oxygen atoms in total.